The predicted octanol–water partition coefficient (Wildman–Crippen LogP) is 4.06. The molecule has 7 heteroatoms. The van der Waals surface area contributed by atoms with Crippen LogP contribution in [0.25, 0.3) is 0 Å². The summed E-state index contributed by atoms with van der Waals surface area (Å²) < 4.78 is 34.3. The number of aryl methyl sites for hydroxylation is 2. The molecule has 1 amide bonds. The molecule has 0 saturated carbocycles. The number of amides is 1. The number of carbonyl (C=O) groups excluding carboxylic acids is 1. The zero-order valence-corrected chi connectivity index (χ0v) is 19.9. The third-order valence-electron chi connectivity index (χ3n) is 5.63. The first-order chi connectivity index (χ1) is 14.5. The van der Waals surface area contributed by atoms with Crippen molar-refractivity contribution in [1.82, 2.24) is 5.32 Å². The fraction of sp³-hybridized carbons (Fsp3) is 0.458. The van der Waals surface area contributed by atoms with Gasteiger partial charge in [-0.3, -0.25) is 9.10 Å². The van der Waals surface area contributed by atoms with Gasteiger partial charge in [-0.15, -0.1) is 0 Å². The van der Waals surface area contributed by atoms with Gasteiger partial charge in [0.2, 0.25) is 0 Å². The molecule has 0 spiro atoms. The van der Waals surface area contributed by atoms with Gasteiger partial charge in [-0.05, 0) is 55.5 Å². The van der Waals surface area contributed by atoms with Gasteiger partial charge in [-0.2, -0.15) is 0 Å². The van der Waals surface area contributed by atoms with Crippen LogP contribution in [0.2, 0.25) is 0 Å². The fourth-order valence-corrected chi connectivity index (χ4v) is 5.39. The van der Waals surface area contributed by atoms with Crippen molar-refractivity contribution in [3.63, 3.8) is 0 Å². The highest BCUT2D eigenvalue weighted by atomic mass is 32.2. The maximum atomic E-state index is 13.5. The number of rotatable bonds is 6. The van der Waals surface area contributed by atoms with Gasteiger partial charge >= 0.3 is 0 Å². The van der Waals surface area contributed by atoms with E-state index in [1.54, 1.807) is 36.4 Å². The van der Waals surface area contributed by atoms with Crippen LogP contribution in [-0.2, 0) is 14.8 Å². The van der Waals surface area contributed by atoms with Crippen molar-refractivity contribution < 1.29 is 17.9 Å². The number of benzene rings is 2. The lowest BCUT2D eigenvalue weighted by Gasteiger charge is -2.36. The zero-order chi connectivity index (χ0) is 22.9. The Hall–Kier alpha value is -2.54. The molecule has 1 atom stereocenters. The first-order valence-corrected chi connectivity index (χ1v) is 12.1. The summed E-state index contributed by atoms with van der Waals surface area (Å²) in [6.07, 6.45) is -0.935. The third-order valence-corrected chi connectivity index (χ3v) is 7.42. The van der Waals surface area contributed by atoms with E-state index in [-0.39, 0.29) is 35.2 Å². The summed E-state index contributed by atoms with van der Waals surface area (Å²) in [7, 11) is -3.86. The van der Waals surface area contributed by atoms with Crippen LogP contribution in [0.3, 0.4) is 0 Å². The first-order valence-electron chi connectivity index (χ1n) is 10.7. The minimum atomic E-state index is -3.86. The summed E-state index contributed by atoms with van der Waals surface area (Å²) in [6, 6.07) is 12.1. The van der Waals surface area contributed by atoms with E-state index in [1.165, 1.54) is 4.31 Å². The van der Waals surface area contributed by atoms with Crippen LogP contribution in [0.1, 0.15) is 38.8 Å². The lowest BCUT2D eigenvalue weighted by Crippen LogP contribution is -2.54. The largest absolute Gasteiger partial charge is 0.476 e. The number of ether oxygens (including phenoxy) is 1. The van der Waals surface area contributed by atoms with Gasteiger partial charge in [0, 0.05) is 6.04 Å². The Labute approximate surface area is 185 Å². The SMILES string of the molecule is Cc1ccc(S(=O)(=O)N2C[C@H](C(=O)NC(C(C)C)C(C)C)Oc3ccc(C)cc32)cc1. The van der Waals surface area contributed by atoms with Crippen molar-refractivity contribution in [1.29, 1.82) is 0 Å². The molecule has 1 aliphatic heterocycles. The number of anilines is 1. The molecule has 0 radical (unpaired) electrons. The Morgan fingerprint density at radius 3 is 2.16 bits per heavy atom. The standard InChI is InChI=1S/C24H32N2O4S/c1-15(2)23(16(3)4)25-24(27)22-14-26(20-13-18(6)9-12-21(20)30-22)31(28,29)19-10-7-17(5)8-11-19/h7-13,15-16,22-23H,14H2,1-6H3,(H,25,27)/t22-/m1/s1. The summed E-state index contributed by atoms with van der Waals surface area (Å²) in [5, 5.41) is 3.06. The first kappa shape index (κ1) is 23.1. The van der Waals surface area contributed by atoms with Gasteiger partial charge in [0.15, 0.2) is 6.10 Å². The van der Waals surface area contributed by atoms with Crippen LogP contribution in [-0.4, -0.2) is 33.0 Å². The lowest BCUT2D eigenvalue weighted by atomic mass is 9.93. The van der Waals surface area contributed by atoms with Crippen molar-refractivity contribution in [2.45, 2.75) is 58.6 Å². The van der Waals surface area contributed by atoms with Crippen LogP contribution in [0.5, 0.6) is 5.75 Å². The van der Waals surface area contributed by atoms with Gasteiger partial charge < -0.3 is 10.1 Å². The molecule has 168 valence electrons. The molecule has 1 heterocycles. The molecule has 6 nitrogen and oxygen atoms in total. The number of carbonyl (C=O) groups is 1. The molecule has 0 unspecified atom stereocenters. The average molecular weight is 445 g/mol. The smallest absolute Gasteiger partial charge is 0.264 e. The fourth-order valence-electron chi connectivity index (χ4n) is 3.92. The molecular formula is C24H32N2O4S. The minimum Gasteiger partial charge on any atom is -0.476 e. The molecule has 0 saturated heterocycles. The van der Waals surface area contributed by atoms with Gasteiger partial charge in [0.25, 0.3) is 15.9 Å². The van der Waals surface area contributed by atoms with E-state index in [9.17, 15) is 13.2 Å². The van der Waals surface area contributed by atoms with Crippen LogP contribution in [0.4, 0.5) is 5.69 Å². The lowest BCUT2D eigenvalue weighted by molar-refractivity contribution is -0.129. The van der Waals surface area contributed by atoms with Crippen molar-refractivity contribution in [2.24, 2.45) is 11.8 Å². The maximum Gasteiger partial charge on any atom is 0.264 e. The van der Waals surface area contributed by atoms with E-state index in [0.717, 1.165) is 11.1 Å². The highest BCUT2D eigenvalue weighted by Gasteiger charge is 2.38. The summed E-state index contributed by atoms with van der Waals surface area (Å²) >= 11 is 0. The Balaban J connectivity index is 1.98. The number of sulfonamides is 1. The monoisotopic (exact) mass is 444 g/mol. The minimum absolute atomic E-state index is 0.0299. The molecule has 1 N–H and O–H groups in total. The molecule has 3 rings (SSSR count). The molecule has 0 fully saturated rings. The normalized spacial score (nSPS) is 16.4. The summed E-state index contributed by atoms with van der Waals surface area (Å²) in [4.78, 5) is 13.3. The quantitative estimate of drug-likeness (QED) is 0.729. The van der Waals surface area contributed by atoms with Gasteiger partial charge in [0.1, 0.15) is 5.75 Å². The van der Waals surface area contributed by atoms with Crippen molar-refractivity contribution in [2.75, 3.05) is 10.8 Å². The number of hydrogen-bond acceptors (Lipinski definition) is 4. The van der Waals surface area contributed by atoms with E-state index in [2.05, 4.69) is 33.0 Å². The van der Waals surface area contributed by atoms with Crippen LogP contribution in [0.15, 0.2) is 47.4 Å². The Morgan fingerprint density at radius 2 is 1.58 bits per heavy atom. The van der Waals surface area contributed by atoms with E-state index in [0.29, 0.717) is 11.4 Å². The Bertz CT molecular complexity index is 1040. The van der Waals surface area contributed by atoms with Crippen LogP contribution in [0, 0.1) is 25.7 Å². The van der Waals surface area contributed by atoms with Crippen LogP contribution < -0.4 is 14.4 Å². The molecule has 2 aromatic carbocycles. The van der Waals surface area contributed by atoms with Crippen molar-refractivity contribution >= 4 is 21.6 Å². The summed E-state index contributed by atoms with van der Waals surface area (Å²) in [5.74, 6) is 0.575. The second kappa shape index (κ2) is 8.91. The molecule has 0 aromatic heterocycles. The number of nitrogens with one attached hydrogen (secondary N) is 1. The predicted molar refractivity (Wildman–Crippen MR) is 123 cm³/mol. The van der Waals surface area contributed by atoms with E-state index < -0.39 is 16.1 Å². The number of fused-ring (bicyclic) bond motifs is 1. The van der Waals surface area contributed by atoms with Crippen LogP contribution >= 0.6 is 0 Å². The number of hydrogen-bond donors (Lipinski definition) is 1. The van der Waals surface area contributed by atoms with Gasteiger partial charge in [0.05, 0.1) is 17.1 Å². The molecule has 2 aromatic rings. The molecule has 1 aliphatic rings. The summed E-state index contributed by atoms with van der Waals surface area (Å²) in [5.41, 5.74) is 2.34. The van der Waals surface area contributed by atoms with E-state index in [4.69, 9.17) is 4.74 Å². The second-order valence-electron chi connectivity index (χ2n) is 8.95. The molecule has 31 heavy (non-hydrogen) atoms. The summed E-state index contributed by atoms with van der Waals surface area (Å²) in [6.45, 7) is 11.9. The highest BCUT2D eigenvalue weighted by Crippen LogP contribution is 2.38. The Kier molecular flexibility index (Phi) is 6.65. The maximum absolute atomic E-state index is 13.5. The van der Waals surface area contributed by atoms with Crippen molar-refractivity contribution in [3.8, 4) is 5.75 Å². The topological polar surface area (TPSA) is 75.7 Å². The third kappa shape index (κ3) is 4.87. The van der Waals surface area contributed by atoms with E-state index in [1.807, 2.05) is 19.9 Å². The van der Waals surface area contributed by atoms with Crippen molar-refractivity contribution in [3.05, 3.63) is 53.6 Å². The zero-order valence-electron chi connectivity index (χ0n) is 19.0. The van der Waals surface area contributed by atoms with Gasteiger partial charge in [-0.1, -0.05) is 51.5 Å². The van der Waals surface area contributed by atoms with Gasteiger partial charge in [-0.25, -0.2) is 8.42 Å². The second-order valence-corrected chi connectivity index (χ2v) is 10.8. The van der Waals surface area contributed by atoms with E-state index >= 15 is 0 Å². The molecular weight excluding hydrogens is 412 g/mol. The Morgan fingerprint density at radius 1 is 1.00 bits per heavy atom. The molecule has 0 aliphatic carbocycles. The number of nitrogens with zero attached hydrogens (tertiary/aromatic N) is 1. The average Bonchev–Trinajstić information content (AvgIpc) is 2.70. The highest BCUT2D eigenvalue weighted by molar-refractivity contribution is 7.92. The molecule has 0 bridgehead atoms.